The fourth-order valence-electron chi connectivity index (χ4n) is 1.72. The zero-order valence-electron chi connectivity index (χ0n) is 9.54. The zero-order chi connectivity index (χ0) is 11.5. The summed E-state index contributed by atoms with van der Waals surface area (Å²) in [6.07, 6.45) is 3.50. The standard InChI is InChI=1S/C11H16N4O/c1-9(2)15-11(12-8-13-15)6-14-5-3-4-10(14)7-16/h3-5,8-9,16H,6-7H2,1-2H3. The van der Waals surface area contributed by atoms with E-state index in [1.54, 1.807) is 6.33 Å². The molecule has 5 heteroatoms. The van der Waals surface area contributed by atoms with Gasteiger partial charge in [0.2, 0.25) is 0 Å². The van der Waals surface area contributed by atoms with E-state index in [4.69, 9.17) is 5.11 Å². The minimum Gasteiger partial charge on any atom is -0.390 e. The van der Waals surface area contributed by atoms with Crippen LogP contribution in [0.4, 0.5) is 0 Å². The maximum Gasteiger partial charge on any atom is 0.147 e. The van der Waals surface area contributed by atoms with Crippen molar-refractivity contribution in [3.63, 3.8) is 0 Å². The summed E-state index contributed by atoms with van der Waals surface area (Å²) in [4.78, 5) is 4.24. The van der Waals surface area contributed by atoms with E-state index in [-0.39, 0.29) is 6.61 Å². The van der Waals surface area contributed by atoms with Crippen LogP contribution in [-0.4, -0.2) is 24.4 Å². The minimum absolute atomic E-state index is 0.0445. The Morgan fingerprint density at radius 1 is 1.44 bits per heavy atom. The van der Waals surface area contributed by atoms with E-state index in [0.717, 1.165) is 11.5 Å². The Labute approximate surface area is 94.4 Å². The lowest BCUT2D eigenvalue weighted by Gasteiger charge is -2.11. The van der Waals surface area contributed by atoms with Crippen molar-refractivity contribution < 1.29 is 5.11 Å². The van der Waals surface area contributed by atoms with Gasteiger partial charge in [-0.2, -0.15) is 5.10 Å². The van der Waals surface area contributed by atoms with Crippen molar-refractivity contribution in [3.05, 3.63) is 36.2 Å². The Balaban J connectivity index is 2.23. The van der Waals surface area contributed by atoms with Crippen LogP contribution in [0.1, 0.15) is 31.4 Å². The van der Waals surface area contributed by atoms with E-state index in [0.29, 0.717) is 12.6 Å². The molecule has 2 aromatic rings. The molecule has 0 aliphatic rings. The third-order valence-corrected chi connectivity index (χ3v) is 2.53. The molecule has 0 aliphatic heterocycles. The van der Waals surface area contributed by atoms with Crippen molar-refractivity contribution in [1.29, 1.82) is 0 Å². The van der Waals surface area contributed by atoms with Crippen LogP contribution in [0, 0.1) is 0 Å². The number of aliphatic hydroxyl groups is 1. The van der Waals surface area contributed by atoms with Crippen LogP contribution >= 0.6 is 0 Å². The molecular formula is C11H16N4O. The van der Waals surface area contributed by atoms with Crippen molar-refractivity contribution in [2.75, 3.05) is 0 Å². The van der Waals surface area contributed by atoms with E-state index in [2.05, 4.69) is 23.9 Å². The molecule has 0 spiro atoms. The van der Waals surface area contributed by atoms with Gasteiger partial charge in [-0.15, -0.1) is 0 Å². The number of aliphatic hydroxyl groups excluding tert-OH is 1. The molecule has 86 valence electrons. The van der Waals surface area contributed by atoms with Crippen LogP contribution < -0.4 is 0 Å². The Bertz CT molecular complexity index is 458. The van der Waals surface area contributed by atoms with Gasteiger partial charge < -0.3 is 9.67 Å². The molecule has 0 saturated carbocycles. The van der Waals surface area contributed by atoms with Gasteiger partial charge in [0, 0.05) is 17.9 Å². The highest BCUT2D eigenvalue weighted by molar-refractivity contribution is 5.07. The molecule has 0 bridgehead atoms. The quantitative estimate of drug-likeness (QED) is 0.842. The zero-order valence-corrected chi connectivity index (χ0v) is 9.54. The van der Waals surface area contributed by atoms with E-state index in [9.17, 15) is 0 Å². The molecule has 0 aromatic carbocycles. The van der Waals surface area contributed by atoms with Crippen molar-refractivity contribution in [1.82, 2.24) is 19.3 Å². The van der Waals surface area contributed by atoms with Crippen LogP contribution in [-0.2, 0) is 13.2 Å². The number of rotatable bonds is 4. The number of aromatic nitrogens is 4. The van der Waals surface area contributed by atoms with Crippen LogP contribution in [0.25, 0.3) is 0 Å². The predicted molar refractivity (Wildman–Crippen MR) is 59.9 cm³/mol. The van der Waals surface area contributed by atoms with Gasteiger partial charge in [-0.25, -0.2) is 9.67 Å². The lowest BCUT2D eigenvalue weighted by molar-refractivity contribution is 0.271. The summed E-state index contributed by atoms with van der Waals surface area (Å²) in [7, 11) is 0. The summed E-state index contributed by atoms with van der Waals surface area (Å²) >= 11 is 0. The smallest absolute Gasteiger partial charge is 0.147 e. The van der Waals surface area contributed by atoms with E-state index in [1.165, 1.54) is 0 Å². The molecular weight excluding hydrogens is 204 g/mol. The third kappa shape index (κ3) is 1.99. The van der Waals surface area contributed by atoms with Crippen molar-refractivity contribution in [2.45, 2.75) is 33.0 Å². The number of hydrogen-bond donors (Lipinski definition) is 1. The van der Waals surface area contributed by atoms with Gasteiger partial charge >= 0.3 is 0 Å². The summed E-state index contributed by atoms with van der Waals surface area (Å²) in [6.45, 7) is 4.82. The lowest BCUT2D eigenvalue weighted by atomic mass is 10.4. The molecule has 0 saturated heterocycles. The Kier molecular flexibility index (Phi) is 3.05. The van der Waals surface area contributed by atoms with Gasteiger partial charge in [-0.05, 0) is 26.0 Å². The highest BCUT2D eigenvalue weighted by atomic mass is 16.3. The fourth-order valence-corrected chi connectivity index (χ4v) is 1.72. The largest absolute Gasteiger partial charge is 0.390 e. The van der Waals surface area contributed by atoms with Gasteiger partial charge in [0.25, 0.3) is 0 Å². The van der Waals surface area contributed by atoms with E-state index in [1.807, 2.05) is 27.6 Å². The van der Waals surface area contributed by atoms with Crippen molar-refractivity contribution in [3.8, 4) is 0 Å². The third-order valence-electron chi connectivity index (χ3n) is 2.53. The molecule has 2 rings (SSSR count). The molecule has 1 N–H and O–H groups in total. The van der Waals surface area contributed by atoms with Crippen molar-refractivity contribution >= 4 is 0 Å². The first kappa shape index (κ1) is 10.9. The molecule has 2 aromatic heterocycles. The molecule has 0 aliphatic carbocycles. The second kappa shape index (κ2) is 4.49. The lowest BCUT2D eigenvalue weighted by Crippen LogP contribution is -2.12. The van der Waals surface area contributed by atoms with Crippen molar-refractivity contribution in [2.24, 2.45) is 0 Å². The summed E-state index contributed by atoms with van der Waals surface area (Å²) in [6, 6.07) is 4.11. The second-order valence-electron chi connectivity index (χ2n) is 4.00. The van der Waals surface area contributed by atoms with Gasteiger partial charge in [-0.1, -0.05) is 0 Å². The van der Waals surface area contributed by atoms with E-state index >= 15 is 0 Å². The normalized spacial score (nSPS) is 11.2. The number of nitrogens with zero attached hydrogens (tertiary/aromatic N) is 4. The van der Waals surface area contributed by atoms with Gasteiger partial charge in [0.1, 0.15) is 12.2 Å². The highest BCUT2D eigenvalue weighted by Gasteiger charge is 2.09. The highest BCUT2D eigenvalue weighted by Crippen LogP contribution is 2.09. The minimum atomic E-state index is 0.0445. The average molecular weight is 220 g/mol. The first-order valence-electron chi connectivity index (χ1n) is 5.35. The molecule has 2 heterocycles. The first-order valence-corrected chi connectivity index (χ1v) is 5.35. The van der Waals surface area contributed by atoms with Crippen LogP contribution in [0.2, 0.25) is 0 Å². The summed E-state index contributed by atoms with van der Waals surface area (Å²) in [5.74, 6) is 0.904. The van der Waals surface area contributed by atoms with E-state index < -0.39 is 0 Å². The summed E-state index contributed by atoms with van der Waals surface area (Å²) in [5.41, 5.74) is 0.887. The summed E-state index contributed by atoms with van der Waals surface area (Å²) in [5, 5.41) is 13.3. The Morgan fingerprint density at radius 2 is 2.25 bits per heavy atom. The SMILES string of the molecule is CC(C)n1ncnc1Cn1cccc1CO. The first-order chi connectivity index (χ1) is 7.72. The Morgan fingerprint density at radius 3 is 2.94 bits per heavy atom. The molecule has 5 nitrogen and oxygen atoms in total. The van der Waals surface area contributed by atoms with Gasteiger partial charge in [0.05, 0.1) is 13.2 Å². The maximum absolute atomic E-state index is 9.15. The molecule has 0 atom stereocenters. The fraction of sp³-hybridized carbons (Fsp3) is 0.455. The van der Waals surface area contributed by atoms with Crippen LogP contribution in [0.15, 0.2) is 24.7 Å². The Hall–Kier alpha value is -1.62. The summed E-state index contributed by atoms with van der Waals surface area (Å²) < 4.78 is 3.87. The molecule has 0 radical (unpaired) electrons. The van der Waals surface area contributed by atoms with Crippen LogP contribution in [0.3, 0.4) is 0 Å². The molecule has 0 unspecified atom stereocenters. The topological polar surface area (TPSA) is 55.9 Å². The number of hydrogen-bond acceptors (Lipinski definition) is 3. The molecule has 16 heavy (non-hydrogen) atoms. The molecule has 0 amide bonds. The molecule has 0 fully saturated rings. The second-order valence-corrected chi connectivity index (χ2v) is 4.00. The monoisotopic (exact) mass is 220 g/mol. The van der Waals surface area contributed by atoms with Crippen LogP contribution in [0.5, 0.6) is 0 Å². The maximum atomic E-state index is 9.15. The van der Waals surface area contributed by atoms with Gasteiger partial charge in [0.15, 0.2) is 0 Å². The average Bonchev–Trinajstić information content (AvgIpc) is 2.86. The van der Waals surface area contributed by atoms with Gasteiger partial charge in [-0.3, -0.25) is 0 Å². The predicted octanol–water partition coefficient (Wildman–Crippen LogP) is 1.20.